The van der Waals surface area contributed by atoms with Crippen molar-refractivity contribution in [2.24, 2.45) is 0 Å². The van der Waals surface area contributed by atoms with E-state index in [2.05, 4.69) is 10.4 Å². The number of benzene rings is 1. The van der Waals surface area contributed by atoms with E-state index in [1.165, 1.54) is 17.5 Å². The summed E-state index contributed by atoms with van der Waals surface area (Å²) < 4.78 is 1.34. The lowest BCUT2D eigenvalue weighted by Gasteiger charge is -2.11. The molecule has 0 saturated heterocycles. The van der Waals surface area contributed by atoms with Crippen LogP contribution in [0.5, 0.6) is 0 Å². The van der Waals surface area contributed by atoms with E-state index < -0.39 is 0 Å². The number of nitrogens with zero attached hydrogens (tertiary/aromatic N) is 2. The van der Waals surface area contributed by atoms with Gasteiger partial charge in [0, 0.05) is 29.3 Å². The molecule has 0 aliphatic heterocycles. The van der Waals surface area contributed by atoms with Gasteiger partial charge < -0.3 is 5.32 Å². The lowest BCUT2D eigenvalue weighted by molar-refractivity contribution is -0.121. The van der Waals surface area contributed by atoms with E-state index >= 15 is 0 Å². The number of nitrogens with one attached hydrogen (secondary N) is 1. The topological polar surface area (TPSA) is 64.0 Å². The number of carbonyl (C=O) groups is 2. The van der Waals surface area contributed by atoms with Gasteiger partial charge in [0.15, 0.2) is 0 Å². The molecule has 1 aliphatic carbocycles. The first-order valence-electron chi connectivity index (χ1n) is 7.59. The quantitative estimate of drug-likeness (QED) is 0.941. The minimum absolute atomic E-state index is 0.0558. The largest absolute Gasteiger partial charge is 0.353 e. The fourth-order valence-corrected chi connectivity index (χ4v) is 3.08. The number of amides is 1. The number of rotatable bonds is 4. The summed E-state index contributed by atoms with van der Waals surface area (Å²) in [4.78, 5) is 24.1. The van der Waals surface area contributed by atoms with Crippen LogP contribution in [0.3, 0.4) is 0 Å². The molecule has 5 nitrogen and oxygen atoms in total. The Morgan fingerprint density at radius 3 is 2.82 bits per heavy atom. The first kappa shape index (κ1) is 15.0. The number of aromatic nitrogens is 2. The first-order valence-corrected chi connectivity index (χ1v) is 7.97. The Balaban J connectivity index is 1.60. The Labute approximate surface area is 133 Å². The minimum atomic E-state index is -0.182. The molecule has 1 heterocycles. The van der Waals surface area contributed by atoms with Crippen LogP contribution in [0.15, 0.2) is 24.4 Å². The molecule has 1 aromatic carbocycles. The van der Waals surface area contributed by atoms with E-state index in [9.17, 15) is 9.59 Å². The summed E-state index contributed by atoms with van der Waals surface area (Å²) in [6, 6.07) is 5.54. The van der Waals surface area contributed by atoms with Crippen LogP contribution >= 0.6 is 11.6 Å². The van der Waals surface area contributed by atoms with Crippen molar-refractivity contribution in [1.29, 1.82) is 0 Å². The number of hydrogen-bond donors (Lipinski definition) is 1. The van der Waals surface area contributed by atoms with Crippen molar-refractivity contribution in [1.82, 2.24) is 15.1 Å². The van der Waals surface area contributed by atoms with Crippen LogP contribution < -0.4 is 5.32 Å². The van der Waals surface area contributed by atoms with E-state index in [1.54, 1.807) is 24.4 Å². The molecule has 116 valence electrons. The molecule has 0 radical (unpaired) electrons. The van der Waals surface area contributed by atoms with Gasteiger partial charge in [-0.25, -0.2) is 4.68 Å². The van der Waals surface area contributed by atoms with E-state index in [0.717, 1.165) is 18.2 Å². The van der Waals surface area contributed by atoms with Gasteiger partial charge in [0.2, 0.25) is 11.8 Å². The standard InChI is InChI=1S/C16H18ClN3O2/c17-12-5-6-14-11(9-12)10-18-20(14)16(22)8-7-15(21)19-13-3-1-2-4-13/h5-6,9-10,13H,1-4,7-8H2,(H,19,21). The third kappa shape index (κ3) is 3.30. The summed E-state index contributed by atoms with van der Waals surface area (Å²) in [5, 5.41) is 8.50. The fraction of sp³-hybridized carbons (Fsp3) is 0.438. The van der Waals surface area contributed by atoms with Gasteiger partial charge in [-0.3, -0.25) is 9.59 Å². The number of hydrogen-bond acceptors (Lipinski definition) is 3. The van der Waals surface area contributed by atoms with E-state index in [4.69, 9.17) is 11.6 Å². The van der Waals surface area contributed by atoms with Gasteiger partial charge in [-0.1, -0.05) is 24.4 Å². The van der Waals surface area contributed by atoms with Gasteiger partial charge >= 0.3 is 0 Å². The maximum Gasteiger partial charge on any atom is 0.247 e. The zero-order valence-corrected chi connectivity index (χ0v) is 13.0. The second-order valence-electron chi connectivity index (χ2n) is 5.70. The summed E-state index contributed by atoms with van der Waals surface area (Å²) in [5.74, 6) is -0.237. The third-order valence-electron chi connectivity index (χ3n) is 4.05. The molecule has 1 saturated carbocycles. The van der Waals surface area contributed by atoms with Crippen LogP contribution in [0.1, 0.15) is 43.3 Å². The van der Waals surface area contributed by atoms with Crippen LogP contribution in [0, 0.1) is 0 Å². The lowest BCUT2D eigenvalue weighted by Crippen LogP contribution is -2.33. The van der Waals surface area contributed by atoms with Crippen molar-refractivity contribution < 1.29 is 9.59 Å². The van der Waals surface area contributed by atoms with Crippen molar-refractivity contribution in [3.05, 3.63) is 29.4 Å². The van der Waals surface area contributed by atoms with Gasteiger partial charge in [-0.15, -0.1) is 0 Å². The van der Waals surface area contributed by atoms with Crippen LogP contribution in [-0.4, -0.2) is 27.6 Å². The molecular formula is C16H18ClN3O2. The van der Waals surface area contributed by atoms with Crippen molar-refractivity contribution in [3.8, 4) is 0 Å². The maximum absolute atomic E-state index is 12.2. The molecule has 0 spiro atoms. The highest BCUT2D eigenvalue weighted by Crippen LogP contribution is 2.20. The molecule has 1 N–H and O–H groups in total. The van der Waals surface area contributed by atoms with Gasteiger partial charge in [-0.2, -0.15) is 5.10 Å². The number of halogens is 1. The third-order valence-corrected chi connectivity index (χ3v) is 4.29. The van der Waals surface area contributed by atoms with Crippen molar-refractivity contribution in [2.75, 3.05) is 0 Å². The Morgan fingerprint density at radius 1 is 1.27 bits per heavy atom. The molecule has 2 aromatic rings. The van der Waals surface area contributed by atoms with E-state index in [-0.39, 0.29) is 30.7 Å². The first-order chi connectivity index (χ1) is 10.6. The van der Waals surface area contributed by atoms with Crippen LogP contribution in [-0.2, 0) is 4.79 Å². The summed E-state index contributed by atoms with van der Waals surface area (Å²) in [7, 11) is 0. The zero-order chi connectivity index (χ0) is 15.5. The second kappa shape index (κ2) is 6.48. The lowest BCUT2D eigenvalue weighted by atomic mass is 10.2. The normalized spacial score (nSPS) is 15.3. The average Bonchev–Trinajstić information content (AvgIpc) is 3.13. The van der Waals surface area contributed by atoms with Crippen molar-refractivity contribution in [2.45, 2.75) is 44.6 Å². The number of fused-ring (bicyclic) bond motifs is 1. The predicted octanol–water partition coefficient (Wildman–Crippen LogP) is 3.17. The van der Waals surface area contributed by atoms with Gasteiger partial charge in [0.1, 0.15) is 0 Å². The van der Waals surface area contributed by atoms with E-state index in [0.29, 0.717) is 10.5 Å². The molecule has 0 bridgehead atoms. The number of carbonyl (C=O) groups excluding carboxylic acids is 2. The monoisotopic (exact) mass is 319 g/mol. The van der Waals surface area contributed by atoms with Crippen LogP contribution in [0.2, 0.25) is 5.02 Å². The molecule has 0 unspecified atom stereocenters. The molecule has 22 heavy (non-hydrogen) atoms. The highest BCUT2D eigenvalue weighted by atomic mass is 35.5. The summed E-state index contributed by atoms with van der Waals surface area (Å²) in [6.07, 6.45) is 6.39. The summed E-state index contributed by atoms with van der Waals surface area (Å²) >= 11 is 5.92. The maximum atomic E-state index is 12.2. The van der Waals surface area contributed by atoms with Gasteiger partial charge in [0.05, 0.1) is 11.7 Å². The predicted molar refractivity (Wildman–Crippen MR) is 85.0 cm³/mol. The molecule has 1 amide bonds. The highest BCUT2D eigenvalue weighted by molar-refractivity contribution is 6.31. The molecule has 1 fully saturated rings. The average molecular weight is 320 g/mol. The van der Waals surface area contributed by atoms with Crippen LogP contribution in [0.4, 0.5) is 0 Å². The Kier molecular flexibility index (Phi) is 4.43. The van der Waals surface area contributed by atoms with Crippen LogP contribution in [0.25, 0.3) is 10.9 Å². The van der Waals surface area contributed by atoms with Gasteiger partial charge in [0.25, 0.3) is 0 Å². The van der Waals surface area contributed by atoms with Crippen molar-refractivity contribution >= 4 is 34.3 Å². The minimum Gasteiger partial charge on any atom is -0.353 e. The Morgan fingerprint density at radius 2 is 2.05 bits per heavy atom. The SMILES string of the molecule is O=C(CCC(=O)n1ncc2cc(Cl)ccc21)NC1CCCC1. The molecule has 1 aromatic heterocycles. The smallest absolute Gasteiger partial charge is 0.247 e. The fourth-order valence-electron chi connectivity index (χ4n) is 2.90. The molecule has 3 rings (SSSR count). The van der Waals surface area contributed by atoms with E-state index in [1.807, 2.05) is 0 Å². The molecular weight excluding hydrogens is 302 g/mol. The molecule has 6 heteroatoms. The second-order valence-corrected chi connectivity index (χ2v) is 6.14. The zero-order valence-electron chi connectivity index (χ0n) is 12.2. The van der Waals surface area contributed by atoms with Crippen molar-refractivity contribution in [3.63, 3.8) is 0 Å². The highest BCUT2D eigenvalue weighted by Gasteiger charge is 2.18. The van der Waals surface area contributed by atoms with Gasteiger partial charge in [-0.05, 0) is 31.0 Å². The Hall–Kier alpha value is -1.88. The molecule has 1 aliphatic rings. The summed E-state index contributed by atoms with van der Waals surface area (Å²) in [6.45, 7) is 0. The Bertz CT molecular complexity index is 704. The summed E-state index contributed by atoms with van der Waals surface area (Å²) in [5.41, 5.74) is 0.714. The molecule has 0 atom stereocenters.